The van der Waals surface area contributed by atoms with Gasteiger partial charge in [0.15, 0.2) is 4.67 Å². The van der Waals surface area contributed by atoms with Crippen LogP contribution >= 0.6 is 15.9 Å². The molecule has 0 fully saturated rings. The summed E-state index contributed by atoms with van der Waals surface area (Å²) in [5.41, 5.74) is -0.0278. The summed E-state index contributed by atoms with van der Waals surface area (Å²) in [5.74, 6) is 0.755. The standard InChI is InChI=1S/C10H8BrNO2/c11-9-5-4-8(14-9)7-12-6-2-1-3-10(12)13/h1-6H,7H2. The Balaban J connectivity index is 2.27. The van der Waals surface area contributed by atoms with Crippen LogP contribution in [0.15, 0.2) is 50.4 Å². The SMILES string of the molecule is O=c1ccccn1Cc1ccc(Br)o1. The fourth-order valence-electron chi connectivity index (χ4n) is 1.20. The van der Waals surface area contributed by atoms with Gasteiger partial charge in [0.25, 0.3) is 5.56 Å². The molecule has 0 N–H and O–H groups in total. The zero-order chi connectivity index (χ0) is 9.97. The van der Waals surface area contributed by atoms with Crippen LogP contribution in [-0.4, -0.2) is 4.57 Å². The molecule has 2 aromatic heterocycles. The summed E-state index contributed by atoms with van der Waals surface area (Å²) >= 11 is 3.21. The predicted octanol–water partition coefficient (Wildman–Crippen LogP) is 2.25. The molecule has 0 amide bonds. The van der Waals surface area contributed by atoms with Gasteiger partial charge in [-0.05, 0) is 34.1 Å². The Kier molecular flexibility index (Phi) is 2.54. The summed E-state index contributed by atoms with van der Waals surface area (Å²) in [7, 11) is 0. The molecular formula is C10H8BrNO2. The maximum absolute atomic E-state index is 11.3. The third-order valence-corrected chi connectivity index (χ3v) is 2.28. The van der Waals surface area contributed by atoms with Crippen molar-refractivity contribution in [3.8, 4) is 0 Å². The van der Waals surface area contributed by atoms with Crippen LogP contribution in [0, 0.1) is 0 Å². The summed E-state index contributed by atoms with van der Waals surface area (Å²) < 4.78 is 7.57. The third kappa shape index (κ3) is 1.96. The van der Waals surface area contributed by atoms with Crippen molar-refractivity contribution >= 4 is 15.9 Å². The van der Waals surface area contributed by atoms with Crippen molar-refractivity contribution < 1.29 is 4.42 Å². The number of hydrogen-bond acceptors (Lipinski definition) is 2. The maximum atomic E-state index is 11.3. The smallest absolute Gasteiger partial charge is 0.250 e. The summed E-state index contributed by atoms with van der Waals surface area (Å²) in [6.07, 6.45) is 1.73. The first kappa shape index (κ1) is 9.27. The van der Waals surface area contributed by atoms with Crippen LogP contribution in [0.1, 0.15) is 5.76 Å². The van der Waals surface area contributed by atoms with Crippen molar-refractivity contribution in [2.45, 2.75) is 6.54 Å². The molecule has 0 spiro atoms. The number of nitrogens with zero attached hydrogens (tertiary/aromatic N) is 1. The van der Waals surface area contributed by atoms with Crippen LogP contribution in [0.4, 0.5) is 0 Å². The molecule has 2 aromatic rings. The molecule has 0 unspecified atom stereocenters. The van der Waals surface area contributed by atoms with Crippen LogP contribution in [0.5, 0.6) is 0 Å². The highest BCUT2D eigenvalue weighted by molar-refractivity contribution is 9.10. The van der Waals surface area contributed by atoms with Gasteiger partial charge in [-0.25, -0.2) is 0 Å². The monoisotopic (exact) mass is 253 g/mol. The molecule has 3 nitrogen and oxygen atoms in total. The molecule has 0 aromatic carbocycles. The Morgan fingerprint density at radius 3 is 2.79 bits per heavy atom. The highest BCUT2D eigenvalue weighted by atomic mass is 79.9. The lowest BCUT2D eigenvalue weighted by Crippen LogP contribution is -2.17. The molecule has 14 heavy (non-hydrogen) atoms. The van der Waals surface area contributed by atoms with Crippen LogP contribution in [0.2, 0.25) is 0 Å². The molecule has 0 saturated heterocycles. The molecule has 0 aliphatic heterocycles. The minimum Gasteiger partial charge on any atom is -0.452 e. The van der Waals surface area contributed by atoms with Crippen molar-refractivity contribution in [1.82, 2.24) is 4.57 Å². The maximum Gasteiger partial charge on any atom is 0.250 e. The van der Waals surface area contributed by atoms with E-state index in [1.807, 2.05) is 18.2 Å². The summed E-state index contributed by atoms with van der Waals surface area (Å²) in [6, 6.07) is 8.71. The highest BCUT2D eigenvalue weighted by Gasteiger charge is 2.00. The van der Waals surface area contributed by atoms with E-state index in [-0.39, 0.29) is 5.56 Å². The van der Waals surface area contributed by atoms with Crippen LogP contribution in [0.25, 0.3) is 0 Å². The largest absolute Gasteiger partial charge is 0.452 e. The third-order valence-electron chi connectivity index (χ3n) is 1.85. The fourth-order valence-corrected chi connectivity index (χ4v) is 1.54. The van der Waals surface area contributed by atoms with Gasteiger partial charge >= 0.3 is 0 Å². The van der Waals surface area contributed by atoms with E-state index in [9.17, 15) is 4.79 Å². The highest BCUT2D eigenvalue weighted by Crippen LogP contribution is 2.14. The second kappa shape index (κ2) is 3.84. The normalized spacial score (nSPS) is 10.4. The minimum atomic E-state index is -0.0278. The van der Waals surface area contributed by atoms with Crippen molar-refractivity contribution in [3.05, 3.63) is 57.3 Å². The first-order valence-corrected chi connectivity index (χ1v) is 4.95. The molecule has 4 heteroatoms. The average Bonchev–Trinajstić information content (AvgIpc) is 2.56. The number of rotatable bonds is 2. The van der Waals surface area contributed by atoms with Gasteiger partial charge in [0.1, 0.15) is 5.76 Å². The van der Waals surface area contributed by atoms with Crippen LogP contribution < -0.4 is 5.56 Å². The molecule has 0 saturated carbocycles. The zero-order valence-electron chi connectivity index (χ0n) is 7.31. The van der Waals surface area contributed by atoms with E-state index in [1.165, 1.54) is 6.07 Å². The van der Waals surface area contributed by atoms with E-state index >= 15 is 0 Å². The number of aromatic nitrogens is 1. The van der Waals surface area contributed by atoms with Crippen molar-refractivity contribution in [1.29, 1.82) is 0 Å². The Bertz CT molecular complexity index is 487. The summed E-state index contributed by atoms with van der Waals surface area (Å²) in [5, 5.41) is 0. The van der Waals surface area contributed by atoms with Gasteiger partial charge < -0.3 is 8.98 Å². The molecule has 72 valence electrons. The molecule has 2 rings (SSSR count). The Morgan fingerprint density at radius 1 is 1.29 bits per heavy atom. The van der Waals surface area contributed by atoms with Gasteiger partial charge in [-0.2, -0.15) is 0 Å². The summed E-state index contributed by atoms with van der Waals surface area (Å²) in [6.45, 7) is 0.464. The molecule has 0 aliphatic rings. The minimum absolute atomic E-state index is 0.0278. The average molecular weight is 254 g/mol. The van der Waals surface area contributed by atoms with E-state index < -0.39 is 0 Å². The Morgan fingerprint density at radius 2 is 2.14 bits per heavy atom. The lowest BCUT2D eigenvalue weighted by atomic mass is 10.4. The van der Waals surface area contributed by atoms with Gasteiger partial charge in [-0.3, -0.25) is 4.79 Å². The quantitative estimate of drug-likeness (QED) is 0.823. The van der Waals surface area contributed by atoms with Crippen molar-refractivity contribution in [2.75, 3.05) is 0 Å². The second-order valence-corrected chi connectivity index (χ2v) is 3.65. The number of hydrogen-bond donors (Lipinski definition) is 0. The van der Waals surface area contributed by atoms with E-state index in [4.69, 9.17) is 4.42 Å². The van der Waals surface area contributed by atoms with Gasteiger partial charge in [-0.15, -0.1) is 0 Å². The molecule has 0 atom stereocenters. The first-order chi connectivity index (χ1) is 6.75. The number of pyridine rings is 1. The van der Waals surface area contributed by atoms with Crippen molar-refractivity contribution in [2.24, 2.45) is 0 Å². The molecule has 2 heterocycles. The van der Waals surface area contributed by atoms with Crippen LogP contribution in [-0.2, 0) is 6.54 Å². The first-order valence-electron chi connectivity index (χ1n) is 4.15. The van der Waals surface area contributed by atoms with E-state index in [0.717, 1.165) is 5.76 Å². The Labute approximate surface area is 89.1 Å². The van der Waals surface area contributed by atoms with E-state index in [0.29, 0.717) is 11.2 Å². The second-order valence-electron chi connectivity index (χ2n) is 2.87. The fraction of sp³-hybridized carbons (Fsp3) is 0.100. The molecular weight excluding hydrogens is 246 g/mol. The van der Waals surface area contributed by atoms with Gasteiger partial charge in [0.05, 0.1) is 6.54 Å². The molecule has 0 aliphatic carbocycles. The molecule has 0 bridgehead atoms. The topological polar surface area (TPSA) is 35.1 Å². The zero-order valence-corrected chi connectivity index (χ0v) is 8.90. The predicted molar refractivity (Wildman–Crippen MR) is 56.2 cm³/mol. The number of furan rings is 1. The van der Waals surface area contributed by atoms with E-state index in [2.05, 4.69) is 15.9 Å². The Hall–Kier alpha value is -1.29. The summed E-state index contributed by atoms with van der Waals surface area (Å²) in [4.78, 5) is 11.3. The molecule has 0 radical (unpaired) electrons. The van der Waals surface area contributed by atoms with Gasteiger partial charge in [0, 0.05) is 12.3 Å². The van der Waals surface area contributed by atoms with Gasteiger partial charge in [-0.1, -0.05) is 6.07 Å². The van der Waals surface area contributed by atoms with Crippen LogP contribution in [0.3, 0.4) is 0 Å². The van der Waals surface area contributed by atoms with E-state index in [1.54, 1.807) is 16.8 Å². The lowest BCUT2D eigenvalue weighted by molar-refractivity contribution is 0.471. The number of halogens is 1. The van der Waals surface area contributed by atoms with Gasteiger partial charge in [0.2, 0.25) is 0 Å². The van der Waals surface area contributed by atoms with Crippen molar-refractivity contribution in [3.63, 3.8) is 0 Å². The lowest BCUT2D eigenvalue weighted by Gasteiger charge is -2.00.